The molecule has 2 aromatic rings. The van der Waals surface area contributed by atoms with Gasteiger partial charge in [0.2, 0.25) is 0 Å². The zero-order valence-electron chi connectivity index (χ0n) is 12.5. The largest absolute Gasteiger partial charge is 0.508 e. The van der Waals surface area contributed by atoms with Crippen LogP contribution < -0.4 is 4.90 Å². The highest BCUT2D eigenvalue weighted by molar-refractivity contribution is 5.49. The Bertz CT molecular complexity index is 562. The molecule has 1 saturated heterocycles. The standard InChI is InChI=1S/C16H22N4O2/c21-15-4-2-14(3-5-15)19-10-8-18(9-11-19)12-16(22)13-20-7-1-6-17-20/h1-7,16,21-22H,8-13H2/t16-/m0/s1. The molecule has 0 aliphatic carbocycles. The van der Waals surface area contributed by atoms with Gasteiger partial charge in [0, 0.05) is 50.8 Å². The molecule has 6 heteroatoms. The van der Waals surface area contributed by atoms with E-state index in [1.807, 2.05) is 24.4 Å². The molecule has 6 nitrogen and oxygen atoms in total. The zero-order chi connectivity index (χ0) is 15.4. The molecular weight excluding hydrogens is 280 g/mol. The third-order valence-electron chi connectivity index (χ3n) is 4.01. The summed E-state index contributed by atoms with van der Waals surface area (Å²) >= 11 is 0. The second kappa shape index (κ2) is 6.81. The lowest BCUT2D eigenvalue weighted by Gasteiger charge is -2.36. The molecule has 1 fully saturated rings. The molecule has 1 aromatic carbocycles. The van der Waals surface area contributed by atoms with E-state index in [0.717, 1.165) is 31.9 Å². The topological polar surface area (TPSA) is 64.8 Å². The summed E-state index contributed by atoms with van der Waals surface area (Å²) in [4.78, 5) is 4.58. The second-order valence-electron chi connectivity index (χ2n) is 5.69. The fraction of sp³-hybridized carbons (Fsp3) is 0.438. The number of hydrogen-bond donors (Lipinski definition) is 2. The van der Waals surface area contributed by atoms with Crippen LogP contribution in [0.3, 0.4) is 0 Å². The Labute approximate surface area is 130 Å². The van der Waals surface area contributed by atoms with E-state index in [4.69, 9.17) is 0 Å². The number of anilines is 1. The lowest BCUT2D eigenvalue weighted by molar-refractivity contribution is 0.0920. The number of piperazine rings is 1. The minimum atomic E-state index is -0.403. The third-order valence-corrected chi connectivity index (χ3v) is 4.01. The number of β-amino-alcohol motifs (C(OH)–C–C–N with tert-alkyl or cyclic N) is 1. The van der Waals surface area contributed by atoms with E-state index in [0.29, 0.717) is 18.8 Å². The number of nitrogens with zero attached hydrogens (tertiary/aromatic N) is 4. The summed E-state index contributed by atoms with van der Waals surface area (Å²) in [5.74, 6) is 0.295. The van der Waals surface area contributed by atoms with Gasteiger partial charge in [0.05, 0.1) is 12.6 Å². The maximum atomic E-state index is 10.1. The molecule has 0 unspecified atom stereocenters. The van der Waals surface area contributed by atoms with Crippen molar-refractivity contribution in [3.8, 4) is 5.75 Å². The SMILES string of the molecule is Oc1ccc(N2CCN(C[C@H](O)Cn3cccn3)CC2)cc1. The molecule has 3 rings (SSSR count). The van der Waals surface area contributed by atoms with E-state index in [-0.39, 0.29) is 0 Å². The smallest absolute Gasteiger partial charge is 0.115 e. The summed E-state index contributed by atoms with van der Waals surface area (Å²) in [6.45, 7) is 4.92. The van der Waals surface area contributed by atoms with E-state index in [1.165, 1.54) is 0 Å². The van der Waals surface area contributed by atoms with Crippen molar-refractivity contribution in [3.63, 3.8) is 0 Å². The van der Waals surface area contributed by atoms with Crippen molar-refractivity contribution in [2.24, 2.45) is 0 Å². The number of aromatic nitrogens is 2. The van der Waals surface area contributed by atoms with Gasteiger partial charge in [-0.25, -0.2) is 0 Å². The molecule has 118 valence electrons. The zero-order valence-corrected chi connectivity index (χ0v) is 12.5. The highest BCUT2D eigenvalue weighted by Crippen LogP contribution is 2.19. The van der Waals surface area contributed by atoms with Gasteiger partial charge in [0.15, 0.2) is 0 Å². The van der Waals surface area contributed by atoms with Crippen LogP contribution in [-0.2, 0) is 6.54 Å². The number of aromatic hydroxyl groups is 1. The van der Waals surface area contributed by atoms with Crippen LogP contribution in [0.15, 0.2) is 42.7 Å². The van der Waals surface area contributed by atoms with Gasteiger partial charge >= 0.3 is 0 Å². The molecule has 1 aliphatic heterocycles. The minimum absolute atomic E-state index is 0.295. The van der Waals surface area contributed by atoms with E-state index < -0.39 is 6.10 Å². The first kappa shape index (κ1) is 14.9. The number of benzene rings is 1. The van der Waals surface area contributed by atoms with Gasteiger partial charge in [-0.15, -0.1) is 0 Å². The van der Waals surface area contributed by atoms with Gasteiger partial charge in [0.1, 0.15) is 5.75 Å². The van der Waals surface area contributed by atoms with E-state index >= 15 is 0 Å². The number of rotatable bonds is 5. The number of phenols is 1. The van der Waals surface area contributed by atoms with Crippen molar-refractivity contribution in [1.29, 1.82) is 0 Å². The van der Waals surface area contributed by atoms with Gasteiger partial charge in [-0.2, -0.15) is 5.10 Å². The summed E-state index contributed by atoms with van der Waals surface area (Å²) in [5.41, 5.74) is 1.13. The first-order valence-electron chi connectivity index (χ1n) is 7.62. The summed E-state index contributed by atoms with van der Waals surface area (Å²) in [6, 6.07) is 9.18. The van der Waals surface area contributed by atoms with E-state index in [1.54, 1.807) is 23.0 Å². The molecule has 22 heavy (non-hydrogen) atoms. The Morgan fingerprint density at radius 3 is 2.41 bits per heavy atom. The Morgan fingerprint density at radius 1 is 1.05 bits per heavy atom. The van der Waals surface area contributed by atoms with Crippen LogP contribution in [-0.4, -0.2) is 63.7 Å². The summed E-state index contributed by atoms with van der Waals surface area (Å²) < 4.78 is 1.76. The fourth-order valence-electron chi connectivity index (χ4n) is 2.83. The lowest BCUT2D eigenvalue weighted by atomic mass is 10.2. The van der Waals surface area contributed by atoms with Crippen LogP contribution in [0.5, 0.6) is 5.75 Å². The molecule has 0 radical (unpaired) electrons. The summed E-state index contributed by atoms with van der Waals surface area (Å²) in [5, 5.41) is 23.6. The average Bonchev–Trinajstić information content (AvgIpc) is 3.02. The van der Waals surface area contributed by atoms with Crippen molar-refractivity contribution in [2.45, 2.75) is 12.6 Å². The van der Waals surface area contributed by atoms with Crippen LogP contribution in [0, 0.1) is 0 Å². The van der Waals surface area contributed by atoms with E-state index in [2.05, 4.69) is 14.9 Å². The first-order chi connectivity index (χ1) is 10.7. The molecule has 1 atom stereocenters. The number of aliphatic hydroxyl groups is 1. The molecule has 0 amide bonds. The van der Waals surface area contributed by atoms with Crippen LogP contribution >= 0.6 is 0 Å². The Hall–Kier alpha value is -2.05. The lowest BCUT2D eigenvalue weighted by Crippen LogP contribution is -2.49. The highest BCUT2D eigenvalue weighted by Gasteiger charge is 2.19. The third kappa shape index (κ3) is 3.78. The Kier molecular flexibility index (Phi) is 4.60. The van der Waals surface area contributed by atoms with Crippen LogP contribution in [0.25, 0.3) is 0 Å². The van der Waals surface area contributed by atoms with Crippen LogP contribution in [0.4, 0.5) is 5.69 Å². The highest BCUT2D eigenvalue weighted by atomic mass is 16.3. The quantitative estimate of drug-likeness (QED) is 0.854. The number of hydrogen-bond acceptors (Lipinski definition) is 5. The van der Waals surface area contributed by atoms with Crippen LogP contribution in [0.1, 0.15) is 0 Å². The van der Waals surface area contributed by atoms with Gasteiger partial charge in [-0.1, -0.05) is 0 Å². The first-order valence-corrected chi connectivity index (χ1v) is 7.62. The summed E-state index contributed by atoms with van der Waals surface area (Å²) in [6.07, 6.45) is 3.19. The van der Waals surface area contributed by atoms with Crippen molar-refractivity contribution in [3.05, 3.63) is 42.7 Å². The van der Waals surface area contributed by atoms with Crippen molar-refractivity contribution >= 4 is 5.69 Å². The Balaban J connectivity index is 1.46. The normalized spacial score (nSPS) is 17.6. The monoisotopic (exact) mass is 302 g/mol. The second-order valence-corrected chi connectivity index (χ2v) is 5.69. The molecule has 0 saturated carbocycles. The van der Waals surface area contributed by atoms with Crippen molar-refractivity contribution in [1.82, 2.24) is 14.7 Å². The molecular formula is C16H22N4O2. The molecule has 1 aromatic heterocycles. The van der Waals surface area contributed by atoms with Gasteiger partial charge < -0.3 is 15.1 Å². The number of phenolic OH excluding ortho intramolecular Hbond substituents is 1. The van der Waals surface area contributed by atoms with Crippen molar-refractivity contribution in [2.75, 3.05) is 37.6 Å². The number of aliphatic hydroxyl groups excluding tert-OH is 1. The van der Waals surface area contributed by atoms with Gasteiger partial charge in [-0.05, 0) is 30.3 Å². The van der Waals surface area contributed by atoms with Gasteiger partial charge in [-0.3, -0.25) is 9.58 Å². The Morgan fingerprint density at radius 2 is 1.77 bits per heavy atom. The molecule has 0 spiro atoms. The predicted octanol–water partition coefficient (Wildman–Crippen LogP) is 0.772. The summed E-state index contributed by atoms with van der Waals surface area (Å²) in [7, 11) is 0. The molecule has 1 aliphatic rings. The fourth-order valence-corrected chi connectivity index (χ4v) is 2.83. The average molecular weight is 302 g/mol. The van der Waals surface area contributed by atoms with E-state index in [9.17, 15) is 10.2 Å². The molecule has 2 heterocycles. The molecule has 0 bridgehead atoms. The minimum Gasteiger partial charge on any atom is -0.508 e. The molecule has 2 N–H and O–H groups in total. The maximum Gasteiger partial charge on any atom is 0.115 e. The van der Waals surface area contributed by atoms with Crippen LogP contribution in [0.2, 0.25) is 0 Å². The predicted molar refractivity (Wildman–Crippen MR) is 85.0 cm³/mol. The van der Waals surface area contributed by atoms with Gasteiger partial charge in [0.25, 0.3) is 0 Å². The maximum absolute atomic E-state index is 10.1. The van der Waals surface area contributed by atoms with Crippen molar-refractivity contribution < 1.29 is 10.2 Å².